The molecule has 0 saturated heterocycles. The molecule has 0 radical (unpaired) electrons. The summed E-state index contributed by atoms with van der Waals surface area (Å²) < 4.78 is 15.5. The third kappa shape index (κ3) is 4.59. The second kappa shape index (κ2) is 8.90. The van der Waals surface area contributed by atoms with Gasteiger partial charge in [0.15, 0.2) is 18.1 Å². The van der Waals surface area contributed by atoms with Crippen LogP contribution in [0.25, 0.3) is 10.8 Å². The standard InChI is InChI=1S/C22H21NO5/c1-26-19-10-7-15(11-20(19)27-2)13-23-21(24)14-28-22(25)18-9-8-16-5-3-4-6-17(16)12-18/h3-12H,13-14H2,1-2H3,(H,23,24). The number of ether oxygens (including phenoxy) is 3. The number of esters is 1. The molecule has 0 atom stereocenters. The van der Waals surface area contributed by atoms with Crippen molar-refractivity contribution in [1.29, 1.82) is 0 Å². The van der Waals surface area contributed by atoms with Gasteiger partial charge in [0.1, 0.15) is 0 Å². The molecule has 0 saturated carbocycles. The van der Waals surface area contributed by atoms with Crippen LogP contribution in [0.15, 0.2) is 60.7 Å². The van der Waals surface area contributed by atoms with Crippen molar-refractivity contribution in [3.8, 4) is 11.5 Å². The van der Waals surface area contributed by atoms with Crippen LogP contribution in [0.1, 0.15) is 15.9 Å². The molecule has 3 aromatic rings. The molecule has 28 heavy (non-hydrogen) atoms. The van der Waals surface area contributed by atoms with E-state index in [0.717, 1.165) is 16.3 Å². The number of rotatable bonds is 7. The van der Waals surface area contributed by atoms with E-state index >= 15 is 0 Å². The molecule has 0 aromatic heterocycles. The Labute approximate surface area is 163 Å². The lowest BCUT2D eigenvalue weighted by atomic mass is 10.1. The molecule has 0 fully saturated rings. The maximum absolute atomic E-state index is 12.2. The van der Waals surface area contributed by atoms with Gasteiger partial charge in [0.2, 0.25) is 0 Å². The van der Waals surface area contributed by atoms with Crippen molar-refractivity contribution in [2.75, 3.05) is 20.8 Å². The van der Waals surface area contributed by atoms with Gasteiger partial charge in [-0.05, 0) is 40.6 Å². The van der Waals surface area contributed by atoms with E-state index < -0.39 is 5.97 Å². The summed E-state index contributed by atoms with van der Waals surface area (Å²) in [5, 5.41) is 4.69. The first kappa shape index (κ1) is 19.2. The summed E-state index contributed by atoms with van der Waals surface area (Å²) in [6.45, 7) is -0.0638. The summed E-state index contributed by atoms with van der Waals surface area (Å²) in [5.41, 5.74) is 1.25. The number of hydrogen-bond donors (Lipinski definition) is 1. The Morgan fingerprint density at radius 2 is 1.61 bits per heavy atom. The summed E-state index contributed by atoms with van der Waals surface area (Å²) >= 11 is 0. The zero-order valence-corrected chi connectivity index (χ0v) is 15.7. The van der Waals surface area contributed by atoms with Gasteiger partial charge < -0.3 is 19.5 Å². The molecule has 0 aliphatic carbocycles. The Hall–Kier alpha value is -3.54. The molecular weight excluding hydrogens is 358 g/mol. The first-order valence-electron chi connectivity index (χ1n) is 8.74. The summed E-state index contributed by atoms with van der Waals surface area (Å²) in [7, 11) is 3.11. The molecular formula is C22H21NO5. The Morgan fingerprint density at radius 1 is 0.857 bits per heavy atom. The van der Waals surface area contributed by atoms with E-state index in [0.29, 0.717) is 17.1 Å². The van der Waals surface area contributed by atoms with Crippen LogP contribution in [0.2, 0.25) is 0 Å². The van der Waals surface area contributed by atoms with Crippen LogP contribution >= 0.6 is 0 Å². The monoisotopic (exact) mass is 379 g/mol. The van der Waals surface area contributed by atoms with E-state index in [1.807, 2.05) is 36.4 Å². The maximum Gasteiger partial charge on any atom is 0.338 e. The summed E-state index contributed by atoms with van der Waals surface area (Å²) in [4.78, 5) is 24.2. The smallest absolute Gasteiger partial charge is 0.338 e. The fraction of sp³-hybridized carbons (Fsp3) is 0.182. The Morgan fingerprint density at radius 3 is 2.36 bits per heavy atom. The molecule has 144 valence electrons. The van der Waals surface area contributed by atoms with Crippen LogP contribution in [0.5, 0.6) is 11.5 Å². The molecule has 3 rings (SSSR count). The predicted octanol–water partition coefficient (Wildman–Crippen LogP) is 3.33. The van der Waals surface area contributed by atoms with Crippen molar-refractivity contribution in [2.45, 2.75) is 6.54 Å². The molecule has 0 aliphatic rings. The van der Waals surface area contributed by atoms with Crippen LogP contribution in [0.4, 0.5) is 0 Å². The van der Waals surface area contributed by atoms with E-state index in [1.165, 1.54) is 0 Å². The minimum Gasteiger partial charge on any atom is -0.493 e. The summed E-state index contributed by atoms with van der Waals surface area (Å²) in [5.74, 6) is 0.273. The highest BCUT2D eigenvalue weighted by molar-refractivity contribution is 5.96. The normalized spacial score (nSPS) is 10.4. The molecule has 0 aliphatic heterocycles. The third-order valence-electron chi connectivity index (χ3n) is 4.26. The second-order valence-electron chi connectivity index (χ2n) is 6.10. The van der Waals surface area contributed by atoms with Gasteiger partial charge in [0, 0.05) is 6.54 Å². The zero-order chi connectivity index (χ0) is 19.9. The first-order chi connectivity index (χ1) is 13.6. The van der Waals surface area contributed by atoms with E-state index in [-0.39, 0.29) is 19.1 Å². The van der Waals surface area contributed by atoms with Crippen LogP contribution in [-0.4, -0.2) is 32.7 Å². The molecule has 6 nitrogen and oxygen atoms in total. The number of carbonyl (C=O) groups excluding carboxylic acids is 2. The minimum absolute atomic E-state index is 0.284. The second-order valence-corrected chi connectivity index (χ2v) is 6.10. The van der Waals surface area contributed by atoms with Crippen LogP contribution in [0, 0.1) is 0 Å². The SMILES string of the molecule is COc1ccc(CNC(=O)COC(=O)c2ccc3ccccc3c2)cc1OC. The van der Waals surface area contributed by atoms with Crippen LogP contribution in [-0.2, 0) is 16.1 Å². The average molecular weight is 379 g/mol. The van der Waals surface area contributed by atoms with Gasteiger partial charge in [-0.15, -0.1) is 0 Å². The van der Waals surface area contributed by atoms with Gasteiger partial charge in [0.05, 0.1) is 19.8 Å². The molecule has 0 spiro atoms. The topological polar surface area (TPSA) is 73.9 Å². The van der Waals surface area contributed by atoms with E-state index in [1.54, 1.807) is 38.5 Å². The number of hydrogen-bond acceptors (Lipinski definition) is 5. The quantitative estimate of drug-likeness (QED) is 0.638. The number of fused-ring (bicyclic) bond motifs is 1. The predicted molar refractivity (Wildman–Crippen MR) is 106 cm³/mol. The van der Waals surface area contributed by atoms with Gasteiger partial charge >= 0.3 is 5.97 Å². The number of nitrogens with one attached hydrogen (secondary N) is 1. The molecule has 0 heterocycles. The van der Waals surface area contributed by atoms with Gasteiger partial charge in [-0.25, -0.2) is 4.79 Å². The molecule has 3 aromatic carbocycles. The highest BCUT2D eigenvalue weighted by atomic mass is 16.5. The van der Waals surface area contributed by atoms with Crippen LogP contribution < -0.4 is 14.8 Å². The van der Waals surface area contributed by atoms with Crippen molar-refractivity contribution >= 4 is 22.6 Å². The van der Waals surface area contributed by atoms with E-state index in [2.05, 4.69) is 5.32 Å². The van der Waals surface area contributed by atoms with Gasteiger partial charge in [-0.1, -0.05) is 36.4 Å². The Bertz CT molecular complexity index is 999. The highest BCUT2D eigenvalue weighted by Gasteiger charge is 2.11. The molecule has 1 amide bonds. The number of carbonyl (C=O) groups is 2. The lowest BCUT2D eigenvalue weighted by Crippen LogP contribution is -2.28. The highest BCUT2D eigenvalue weighted by Crippen LogP contribution is 2.27. The summed E-state index contributed by atoms with van der Waals surface area (Å²) in [6.07, 6.45) is 0. The average Bonchev–Trinajstić information content (AvgIpc) is 2.75. The van der Waals surface area contributed by atoms with Gasteiger partial charge in [-0.3, -0.25) is 4.79 Å². The van der Waals surface area contributed by atoms with Crippen molar-refractivity contribution < 1.29 is 23.8 Å². The van der Waals surface area contributed by atoms with Crippen molar-refractivity contribution in [3.05, 3.63) is 71.8 Å². The maximum atomic E-state index is 12.2. The zero-order valence-electron chi connectivity index (χ0n) is 15.7. The van der Waals surface area contributed by atoms with Gasteiger partial charge in [-0.2, -0.15) is 0 Å². The van der Waals surface area contributed by atoms with Gasteiger partial charge in [0.25, 0.3) is 5.91 Å². The largest absolute Gasteiger partial charge is 0.493 e. The number of amides is 1. The fourth-order valence-electron chi connectivity index (χ4n) is 2.77. The Balaban J connectivity index is 1.52. The fourth-order valence-corrected chi connectivity index (χ4v) is 2.77. The lowest BCUT2D eigenvalue weighted by molar-refractivity contribution is -0.124. The van der Waals surface area contributed by atoms with Crippen LogP contribution in [0.3, 0.4) is 0 Å². The number of benzene rings is 3. The van der Waals surface area contributed by atoms with Crippen molar-refractivity contribution in [2.24, 2.45) is 0 Å². The van der Waals surface area contributed by atoms with E-state index in [9.17, 15) is 9.59 Å². The van der Waals surface area contributed by atoms with Crippen molar-refractivity contribution in [1.82, 2.24) is 5.32 Å². The Kier molecular flexibility index (Phi) is 6.11. The first-order valence-corrected chi connectivity index (χ1v) is 8.74. The molecule has 6 heteroatoms. The number of methoxy groups -OCH3 is 2. The lowest BCUT2D eigenvalue weighted by Gasteiger charge is -2.10. The minimum atomic E-state index is -0.535. The molecule has 0 bridgehead atoms. The van der Waals surface area contributed by atoms with Crippen molar-refractivity contribution in [3.63, 3.8) is 0 Å². The molecule has 0 unspecified atom stereocenters. The molecule has 1 N–H and O–H groups in total. The van der Waals surface area contributed by atoms with E-state index in [4.69, 9.17) is 14.2 Å². The summed E-state index contributed by atoms with van der Waals surface area (Å²) in [6, 6.07) is 18.4. The third-order valence-corrected chi connectivity index (χ3v) is 4.26.